The number of carbonyl (C=O) groups is 1. The lowest BCUT2D eigenvalue weighted by atomic mass is 9.84. The lowest BCUT2D eigenvalue weighted by molar-refractivity contribution is -0.131. The molecule has 2 N–H and O–H groups in total. The lowest BCUT2D eigenvalue weighted by Crippen LogP contribution is -2.52. The number of aryl methyl sites for hydroxylation is 1. The molecule has 0 radical (unpaired) electrons. The molecule has 5 nitrogen and oxygen atoms in total. The molecule has 0 saturated carbocycles. The second-order valence-corrected chi connectivity index (χ2v) is 6.96. The maximum absolute atomic E-state index is 12.8. The number of nitrogens with zero attached hydrogens (tertiary/aromatic N) is 2. The second kappa shape index (κ2) is 5.35. The first-order chi connectivity index (χ1) is 11.1. The number of hydrogen-bond donors (Lipinski definition) is 1. The van der Waals surface area contributed by atoms with Crippen LogP contribution in [-0.2, 0) is 16.1 Å². The average molecular weight is 313 g/mol. The van der Waals surface area contributed by atoms with Crippen molar-refractivity contribution >= 4 is 16.8 Å². The zero-order chi connectivity index (χ0) is 16.0. The van der Waals surface area contributed by atoms with Gasteiger partial charge in [0, 0.05) is 42.4 Å². The van der Waals surface area contributed by atoms with E-state index in [4.69, 9.17) is 10.5 Å². The lowest BCUT2D eigenvalue weighted by Gasteiger charge is -2.34. The molecule has 0 aliphatic carbocycles. The normalized spacial score (nSPS) is 27.4. The van der Waals surface area contributed by atoms with E-state index in [-0.39, 0.29) is 17.4 Å². The number of rotatable bonds is 2. The Kier molecular flexibility index (Phi) is 3.43. The van der Waals surface area contributed by atoms with Gasteiger partial charge in [-0.1, -0.05) is 18.2 Å². The summed E-state index contributed by atoms with van der Waals surface area (Å²) in [7, 11) is 0. The standard InChI is InChI=1S/C18H23N3O2/c1-13-8-14-4-2-3-5-16(14)21(13)10-17(22)20-9-15-11-23-7-6-18(15,19)12-20/h2-5,8,15H,6-7,9-12,19H2,1H3/t15-,18+/m1/s1. The number of amides is 1. The Morgan fingerprint density at radius 1 is 1.43 bits per heavy atom. The Balaban J connectivity index is 1.55. The minimum absolute atomic E-state index is 0.147. The largest absolute Gasteiger partial charge is 0.381 e. The molecule has 3 heterocycles. The summed E-state index contributed by atoms with van der Waals surface area (Å²) in [5, 5.41) is 1.18. The topological polar surface area (TPSA) is 60.5 Å². The summed E-state index contributed by atoms with van der Waals surface area (Å²) in [4.78, 5) is 14.7. The van der Waals surface area contributed by atoms with Gasteiger partial charge in [-0.05, 0) is 30.9 Å². The SMILES string of the molecule is Cc1cc2ccccc2n1CC(=O)N1C[C@@H]2COCC[C@]2(N)C1. The third-order valence-electron chi connectivity index (χ3n) is 5.43. The van der Waals surface area contributed by atoms with Crippen LogP contribution in [-0.4, -0.2) is 47.2 Å². The Morgan fingerprint density at radius 2 is 2.26 bits per heavy atom. The van der Waals surface area contributed by atoms with Crippen molar-refractivity contribution in [3.05, 3.63) is 36.0 Å². The first-order valence-electron chi connectivity index (χ1n) is 8.26. The third kappa shape index (κ3) is 2.44. The van der Waals surface area contributed by atoms with Gasteiger partial charge in [0.25, 0.3) is 0 Å². The zero-order valence-corrected chi connectivity index (χ0v) is 13.5. The highest BCUT2D eigenvalue weighted by molar-refractivity contribution is 5.84. The van der Waals surface area contributed by atoms with E-state index in [0.717, 1.165) is 17.6 Å². The van der Waals surface area contributed by atoms with Gasteiger partial charge < -0.3 is 19.9 Å². The quantitative estimate of drug-likeness (QED) is 0.914. The molecule has 1 amide bonds. The molecule has 0 spiro atoms. The molecule has 23 heavy (non-hydrogen) atoms. The fourth-order valence-corrected chi connectivity index (χ4v) is 3.97. The second-order valence-electron chi connectivity index (χ2n) is 6.96. The van der Waals surface area contributed by atoms with Crippen molar-refractivity contribution in [2.75, 3.05) is 26.3 Å². The molecular weight excluding hydrogens is 290 g/mol. The summed E-state index contributed by atoms with van der Waals surface area (Å²) in [6, 6.07) is 10.3. The van der Waals surface area contributed by atoms with E-state index in [1.807, 2.05) is 17.0 Å². The Labute approximate surface area is 136 Å². The Bertz CT molecular complexity index is 754. The van der Waals surface area contributed by atoms with Crippen molar-refractivity contribution in [3.63, 3.8) is 0 Å². The number of likely N-dealkylation sites (tertiary alicyclic amines) is 1. The third-order valence-corrected chi connectivity index (χ3v) is 5.43. The highest BCUT2D eigenvalue weighted by atomic mass is 16.5. The van der Waals surface area contributed by atoms with Crippen molar-refractivity contribution in [2.45, 2.75) is 25.4 Å². The predicted molar refractivity (Wildman–Crippen MR) is 89.1 cm³/mol. The van der Waals surface area contributed by atoms with Crippen molar-refractivity contribution in [3.8, 4) is 0 Å². The van der Waals surface area contributed by atoms with Gasteiger partial charge in [0.15, 0.2) is 0 Å². The van der Waals surface area contributed by atoms with Crippen LogP contribution < -0.4 is 5.73 Å². The number of aromatic nitrogens is 1. The van der Waals surface area contributed by atoms with E-state index in [2.05, 4.69) is 29.7 Å². The minimum Gasteiger partial charge on any atom is -0.381 e. The van der Waals surface area contributed by atoms with Crippen LogP contribution in [0.25, 0.3) is 10.9 Å². The molecule has 1 aromatic carbocycles. The number of carbonyl (C=O) groups excluding carboxylic acids is 1. The monoisotopic (exact) mass is 313 g/mol. The predicted octanol–water partition coefficient (Wildman–Crippen LogP) is 1.53. The average Bonchev–Trinajstić information content (AvgIpc) is 3.05. The number of benzene rings is 1. The van der Waals surface area contributed by atoms with E-state index in [0.29, 0.717) is 32.8 Å². The van der Waals surface area contributed by atoms with Crippen LogP contribution in [0.1, 0.15) is 12.1 Å². The first kappa shape index (κ1) is 14.7. The molecule has 4 rings (SSSR count). The van der Waals surface area contributed by atoms with Crippen LogP contribution in [0.4, 0.5) is 0 Å². The van der Waals surface area contributed by atoms with Crippen LogP contribution >= 0.6 is 0 Å². The van der Waals surface area contributed by atoms with Crippen LogP contribution in [0.5, 0.6) is 0 Å². The Hall–Kier alpha value is -1.85. The summed E-state index contributed by atoms with van der Waals surface area (Å²) in [6.45, 7) is 5.17. The summed E-state index contributed by atoms with van der Waals surface area (Å²) in [5.41, 5.74) is 8.47. The van der Waals surface area contributed by atoms with Crippen molar-refractivity contribution in [2.24, 2.45) is 11.7 Å². The van der Waals surface area contributed by atoms with Gasteiger partial charge >= 0.3 is 0 Å². The molecule has 2 fully saturated rings. The summed E-state index contributed by atoms with van der Waals surface area (Å²) in [6.07, 6.45) is 0.840. The van der Waals surface area contributed by atoms with E-state index >= 15 is 0 Å². The summed E-state index contributed by atoms with van der Waals surface area (Å²) < 4.78 is 7.63. The smallest absolute Gasteiger partial charge is 0.242 e. The van der Waals surface area contributed by atoms with Gasteiger partial charge in [-0.25, -0.2) is 0 Å². The summed E-state index contributed by atoms with van der Waals surface area (Å²) in [5.74, 6) is 0.413. The number of hydrogen-bond acceptors (Lipinski definition) is 3. The number of ether oxygens (including phenoxy) is 1. The zero-order valence-electron chi connectivity index (χ0n) is 13.5. The molecule has 0 bridgehead atoms. The summed E-state index contributed by atoms with van der Waals surface area (Å²) >= 11 is 0. The maximum atomic E-state index is 12.8. The molecule has 5 heteroatoms. The van der Waals surface area contributed by atoms with Crippen LogP contribution in [0.3, 0.4) is 0 Å². The van der Waals surface area contributed by atoms with E-state index in [9.17, 15) is 4.79 Å². The van der Waals surface area contributed by atoms with Gasteiger partial charge in [-0.3, -0.25) is 4.79 Å². The highest BCUT2D eigenvalue weighted by Gasteiger charge is 2.46. The van der Waals surface area contributed by atoms with E-state index < -0.39 is 0 Å². The number of para-hydroxylation sites is 1. The van der Waals surface area contributed by atoms with Crippen molar-refractivity contribution in [1.29, 1.82) is 0 Å². The highest BCUT2D eigenvalue weighted by Crippen LogP contribution is 2.32. The van der Waals surface area contributed by atoms with Gasteiger partial charge in [0.05, 0.1) is 6.61 Å². The molecule has 0 unspecified atom stereocenters. The number of nitrogens with two attached hydrogens (primary N) is 1. The van der Waals surface area contributed by atoms with Crippen LogP contribution in [0.15, 0.2) is 30.3 Å². The molecule has 2 atom stereocenters. The molecule has 2 aromatic rings. The fourth-order valence-electron chi connectivity index (χ4n) is 3.97. The molecule has 2 aliphatic rings. The van der Waals surface area contributed by atoms with Crippen LogP contribution in [0, 0.1) is 12.8 Å². The molecular formula is C18H23N3O2. The van der Waals surface area contributed by atoms with E-state index in [1.54, 1.807) is 0 Å². The molecule has 2 aliphatic heterocycles. The van der Waals surface area contributed by atoms with Crippen molar-refractivity contribution < 1.29 is 9.53 Å². The van der Waals surface area contributed by atoms with Gasteiger partial charge in [0.1, 0.15) is 6.54 Å². The molecule has 1 aromatic heterocycles. The molecule has 122 valence electrons. The number of fused-ring (bicyclic) bond motifs is 2. The molecule has 2 saturated heterocycles. The van der Waals surface area contributed by atoms with Gasteiger partial charge in [-0.15, -0.1) is 0 Å². The van der Waals surface area contributed by atoms with Crippen molar-refractivity contribution in [1.82, 2.24) is 9.47 Å². The fraction of sp³-hybridized carbons (Fsp3) is 0.500. The van der Waals surface area contributed by atoms with Crippen LogP contribution in [0.2, 0.25) is 0 Å². The first-order valence-corrected chi connectivity index (χ1v) is 8.26. The van der Waals surface area contributed by atoms with Gasteiger partial charge in [-0.2, -0.15) is 0 Å². The maximum Gasteiger partial charge on any atom is 0.242 e. The van der Waals surface area contributed by atoms with Gasteiger partial charge in [0.2, 0.25) is 5.91 Å². The Morgan fingerprint density at radius 3 is 3.09 bits per heavy atom. The van der Waals surface area contributed by atoms with E-state index in [1.165, 1.54) is 5.39 Å². The minimum atomic E-state index is -0.262.